The van der Waals surface area contributed by atoms with Crippen LogP contribution in [0.2, 0.25) is 0 Å². The quantitative estimate of drug-likeness (QED) is 0.151. The third kappa shape index (κ3) is 6.53. The number of aromatic nitrogens is 4. The molecule has 2 aromatic heterocycles. The SMILES string of the molecule is [2H]c1c([2H])c([2H])c(-c2c([2H])c([2H])c3c(c2[2H])c2c([2H])c([2H])c([2H])c([2H])c2n3-c2ccc(-c3ccc4ccc5ccccc5c4c3)cc2-c2nc(-c3ccccc3)nc(-c3ccc(-c4ccccc4)cc3)n2)c([2H])c1[2H]. The highest BCUT2D eigenvalue weighted by atomic mass is 15.1. The van der Waals surface area contributed by atoms with Crippen LogP contribution in [0.25, 0.3) is 117 Å². The van der Waals surface area contributed by atoms with Gasteiger partial charge in [0.1, 0.15) is 0 Å². The molecular weight excluding hydrogens is 765 g/mol. The maximum atomic E-state index is 9.82. The molecule has 10 aromatic carbocycles. The van der Waals surface area contributed by atoms with E-state index in [0.717, 1.165) is 43.8 Å². The minimum absolute atomic E-state index is 0.129. The Morgan fingerprint density at radius 3 is 1.68 bits per heavy atom. The highest BCUT2D eigenvalue weighted by Crippen LogP contribution is 2.40. The van der Waals surface area contributed by atoms with E-state index < -0.39 is 83.6 Å². The van der Waals surface area contributed by atoms with Crippen LogP contribution in [0.1, 0.15) is 16.4 Å². The fourth-order valence-electron chi connectivity index (χ4n) is 8.31. The van der Waals surface area contributed by atoms with Crippen LogP contribution in [-0.2, 0) is 0 Å². The summed E-state index contributed by atoms with van der Waals surface area (Å²) in [5.74, 6) is 0.804. The van der Waals surface area contributed by atoms with Crippen LogP contribution < -0.4 is 0 Å². The summed E-state index contributed by atoms with van der Waals surface area (Å²) in [6.07, 6.45) is 0. The van der Waals surface area contributed by atoms with E-state index >= 15 is 0 Å². The summed E-state index contributed by atoms with van der Waals surface area (Å²) in [5, 5.41) is 3.83. The Morgan fingerprint density at radius 2 is 0.889 bits per heavy atom. The summed E-state index contributed by atoms with van der Waals surface area (Å²) in [7, 11) is 0. The van der Waals surface area contributed by atoms with E-state index in [1.165, 1.54) is 4.57 Å². The fraction of sp³-hybridized carbons (Fsp3) is 0. The Hall–Kier alpha value is -8.47. The lowest BCUT2D eigenvalue weighted by molar-refractivity contribution is 1.06. The molecule has 0 aliphatic rings. The third-order valence-electron chi connectivity index (χ3n) is 11.4. The monoisotopic (exact) mass is 814 g/mol. The average molecular weight is 815 g/mol. The van der Waals surface area contributed by atoms with Gasteiger partial charge >= 0.3 is 0 Å². The summed E-state index contributed by atoms with van der Waals surface area (Å²) in [6, 6.07) is 43.6. The predicted molar refractivity (Wildman–Crippen MR) is 262 cm³/mol. The van der Waals surface area contributed by atoms with Gasteiger partial charge in [0.05, 0.1) is 33.2 Å². The van der Waals surface area contributed by atoms with E-state index in [9.17, 15) is 6.85 Å². The fourth-order valence-corrected chi connectivity index (χ4v) is 8.31. The lowest BCUT2D eigenvalue weighted by Crippen LogP contribution is -2.04. The van der Waals surface area contributed by atoms with Gasteiger partial charge in [0.15, 0.2) is 17.5 Å². The number of benzene rings is 10. The topological polar surface area (TPSA) is 43.6 Å². The zero-order valence-corrected chi connectivity index (χ0v) is 33.3. The Balaban J connectivity index is 1.20. The Kier molecular flexibility index (Phi) is 6.28. The normalized spacial score (nSPS) is 14.2. The number of fused-ring (bicyclic) bond motifs is 6. The first-order valence-corrected chi connectivity index (χ1v) is 20.4. The number of rotatable bonds is 7. The largest absolute Gasteiger partial charge is 0.309 e. The molecule has 0 radical (unpaired) electrons. The zero-order chi connectivity index (χ0) is 52.1. The molecule has 0 N–H and O–H groups in total. The van der Waals surface area contributed by atoms with Crippen molar-refractivity contribution >= 4 is 43.4 Å². The molecule has 0 aliphatic carbocycles. The zero-order valence-electron chi connectivity index (χ0n) is 45.3. The van der Waals surface area contributed by atoms with Crippen molar-refractivity contribution in [3.05, 3.63) is 230 Å². The first-order chi connectivity index (χ1) is 36.2. The molecule has 0 atom stereocenters. The minimum Gasteiger partial charge on any atom is -0.309 e. The molecule has 12 rings (SSSR count). The molecule has 0 unspecified atom stereocenters. The molecule has 12 aromatic rings. The summed E-state index contributed by atoms with van der Waals surface area (Å²) >= 11 is 0. The van der Waals surface area contributed by atoms with Gasteiger partial charge in [-0.15, -0.1) is 0 Å². The standard InChI is InChI=1S/C59H38N4/c1-4-14-39(15-5-1)41-24-29-45(30-25-41)58-60-57(44-19-8-3-9-20-44)61-59(62-58)53-38-48(47-31-28-43-27-26-42-18-10-11-21-49(42)51(43)36-47)33-35-56(53)63-54-23-13-12-22-50(54)52-37-46(32-34-55(52)63)40-16-6-2-7-17-40/h1-38H/i2D,6D,7D,12D,13D,16D,17D,22D,23D,32D,34D,37D. The van der Waals surface area contributed by atoms with Crippen LogP contribution >= 0.6 is 0 Å². The molecule has 0 saturated carbocycles. The van der Waals surface area contributed by atoms with E-state index in [1.807, 2.05) is 121 Å². The summed E-state index contributed by atoms with van der Waals surface area (Å²) in [4.78, 5) is 15.3. The van der Waals surface area contributed by atoms with Gasteiger partial charge in [-0.3, -0.25) is 0 Å². The molecule has 4 nitrogen and oxygen atoms in total. The lowest BCUT2D eigenvalue weighted by atomic mass is 9.95. The van der Waals surface area contributed by atoms with Gasteiger partial charge in [0, 0.05) is 27.5 Å². The average Bonchev–Trinajstić information content (AvgIpc) is 3.86. The number of para-hydroxylation sites is 1. The van der Waals surface area contributed by atoms with Crippen molar-refractivity contribution < 1.29 is 16.4 Å². The second-order valence-corrected chi connectivity index (χ2v) is 15.1. The van der Waals surface area contributed by atoms with Crippen LogP contribution in [0, 0.1) is 0 Å². The maximum absolute atomic E-state index is 9.82. The Morgan fingerprint density at radius 1 is 0.333 bits per heavy atom. The number of hydrogen-bond donors (Lipinski definition) is 0. The molecule has 0 amide bonds. The Labute approximate surface area is 381 Å². The molecule has 63 heavy (non-hydrogen) atoms. The van der Waals surface area contributed by atoms with Gasteiger partial charge in [0.25, 0.3) is 0 Å². The van der Waals surface area contributed by atoms with E-state index in [1.54, 1.807) is 6.07 Å². The molecule has 0 fully saturated rings. The van der Waals surface area contributed by atoms with Crippen molar-refractivity contribution in [2.45, 2.75) is 0 Å². The highest BCUT2D eigenvalue weighted by molar-refractivity contribution is 6.11. The second kappa shape index (κ2) is 15.2. The van der Waals surface area contributed by atoms with Gasteiger partial charge in [-0.05, 0) is 91.3 Å². The third-order valence-corrected chi connectivity index (χ3v) is 11.4. The summed E-state index contributed by atoms with van der Waals surface area (Å²) in [5.41, 5.74) is 4.26. The van der Waals surface area contributed by atoms with Crippen LogP contribution in [0.4, 0.5) is 0 Å². The minimum atomic E-state index is -0.705. The van der Waals surface area contributed by atoms with Crippen LogP contribution in [0.15, 0.2) is 230 Å². The number of nitrogens with zero attached hydrogens (tertiary/aromatic N) is 4. The van der Waals surface area contributed by atoms with Gasteiger partial charge in [0.2, 0.25) is 0 Å². The summed E-state index contributed by atoms with van der Waals surface area (Å²) in [6.45, 7) is 0. The van der Waals surface area contributed by atoms with E-state index in [-0.39, 0.29) is 33.3 Å². The maximum Gasteiger partial charge on any atom is 0.166 e. The molecule has 0 aliphatic heterocycles. The van der Waals surface area contributed by atoms with Crippen molar-refractivity contribution in [3.63, 3.8) is 0 Å². The predicted octanol–water partition coefficient (Wildman–Crippen LogP) is 15.3. The first-order valence-electron chi connectivity index (χ1n) is 26.4. The van der Waals surface area contributed by atoms with Crippen LogP contribution in [0.3, 0.4) is 0 Å². The number of hydrogen-bond acceptors (Lipinski definition) is 3. The van der Waals surface area contributed by atoms with Crippen LogP contribution in [0.5, 0.6) is 0 Å². The smallest absolute Gasteiger partial charge is 0.166 e. The van der Waals surface area contributed by atoms with Crippen molar-refractivity contribution in [2.24, 2.45) is 0 Å². The van der Waals surface area contributed by atoms with Gasteiger partial charge in [-0.25, -0.2) is 15.0 Å². The van der Waals surface area contributed by atoms with Crippen molar-refractivity contribution in [2.75, 3.05) is 0 Å². The summed E-state index contributed by atoms with van der Waals surface area (Å²) < 4.78 is 110. The van der Waals surface area contributed by atoms with Crippen LogP contribution in [-0.4, -0.2) is 19.5 Å². The van der Waals surface area contributed by atoms with E-state index in [2.05, 4.69) is 30.3 Å². The second-order valence-electron chi connectivity index (χ2n) is 15.1. The molecule has 2 heterocycles. The van der Waals surface area contributed by atoms with Gasteiger partial charge in [-0.2, -0.15) is 0 Å². The highest BCUT2D eigenvalue weighted by Gasteiger charge is 2.21. The molecule has 4 heteroatoms. The molecular formula is C59H38N4. The molecule has 294 valence electrons. The molecule has 0 saturated heterocycles. The molecule has 0 bridgehead atoms. The first kappa shape index (κ1) is 26.0. The van der Waals surface area contributed by atoms with Crippen molar-refractivity contribution in [1.29, 1.82) is 0 Å². The molecule has 0 spiro atoms. The lowest BCUT2D eigenvalue weighted by Gasteiger charge is -2.17. The van der Waals surface area contributed by atoms with Gasteiger partial charge in [-0.1, -0.05) is 194 Å². The van der Waals surface area contributed by atoms with E-state index in [4.69, 9.17) is 24.5 Å². The van der Waals surface area contributed by atoms with Gasteiger partial charge < -0.3 is 4.57 Å². The van der Waals surface area contributed by atoms with E-state index in [0.29, 0.717) is 28.3 Å². The van der Waals surface area contributed by atoms with Crippen molar-refractivity contribution in [1.82, 2.24) is 19.5 Å². The van der Waals surface area contributed by atoms with Crippen molar-refractivity contribution in [3.8, 4) is 73.2 Å². The Bertz CT molecular complexity index is 4350.